The summed E-state index contributed by atoms with van der Waals surface area (Å²) in [6.07, 6.45) is 3.60. The first kappa shape index (κ1) is 22.1. The number of halogens is 2. The van der Waals surface area contributed by atoms with Crippen molar-refractivity contribution in [1.82, 2.24) is 4.90 Å². The summed E-state index contributed by atoms with van der Waals surface area (Å²) in [7, 11) is 0. The van der Waals surface area contributed by atoms with E-state index < -0.39 is 0 Å². The van der Waals surface area contributed by atoms with Crippen LogP contribution in [0.5, 0.6) is 0 Å². The molecule has 1 atom stereocenters. The maximum absolute atomic E-state index is 13.3. The largest absolute Gasteiger partial charge is 0.398 e. The number of likely N-dealkylation sites (tertiary alicyclic amines) is 1. The van der Waals surface area contributed by atoms with Crippen LogP contribution in [0.1, 0.15) is 30.4 Å². The molecule has 1 fully saturated rings. The van der Waals surface area contributed by atoms with Crippen molar-refractivity contribution >= 4 is 35.6 Å². The van der Waals surface area contributed by atoms with Crippen LogP contribution in [0.15, 0.2) is 42.5 Å². The Morgan fingerprint density at radius 3 is 2.60 bits per heavy atom. The Hall–Kier alpha value is -2.60. The van der Waals surface area contributed by atoms with Crippen LogP contribution in [0.3, 0.4) is 0 Å². The van der Waals surface area contributed by atoms with Crippen LogP contribution >= 0.6 is 12.4 Å². The molecule has 0 radical (unpaired) electrons. The van der Waals surface area contributed by atoms with E-state index in [0.717, 1.165) is 48.2 Å². The van der Waals surface area contributed by atoms with Crippen LogP contribution in [0, 0.1) is 11.7 Å². The average Bonchev–Trinajstić information content (AvgIpc) is 2.75. The lowest BCUT2D eigenvalue weighted by molar-refractivity contribution is -0.134. The summed E-state index contributed by atoms with van der Waals surface area (Å²) in [6, 6.07) is 11.7. The summed E-state index contributed by atoms with van der Waals surface area (Å²) in [6.45, 7) is 1.79. The van der Waals surface area contributed by atoms with Gasteiger partial charge in [-0.3, -0.25) is 9.59 Å². The number of piperidine rings is 1. The van der Waals surface area contributed by atoms with Crippen LogP contribution in [-0.4, -0.2) is 36.3 Å². The SMILES string of the molecule is Cl.Nc1cccc2c1CCCN2C(=O)C1CCCN(C(=O)Cc2ccc(F)cc2)C1. The Morgan fingerprint density at radius 2 is 1.83 bits per heavy atom. The van der Waals surface area contributed by atoms with Gasteiger partial charge in [0, 0.05) is 31.0 Å². The predicted octanol–water partition coefficient (Wildman–Crippen LogP) is 3.59. The second-order valence-electron chi connectivity index (χ2n) is 7.92. The Kier molecular flexibility index (Phi) is 6.98. The molecule has 0 bridgehead atoms. The smallest absolute Gasteiger partial charge is 0.231 e. The van der Waals surface area contributed by atoms with E-state index in [1.54, 1.807) is 17.0 Å². The molecular weight excluding hydrogens is 405 g/mol. The van der Waals surface area contributed by atoms with Gasteiger partial charge in [0.05, 0.1) is 12.3 Å². The normalized spacial score (nSPS) is 18.4. The van der Waals surface area contributed by atoms with E-state index in [-0.39, 0.29) is 42.4 Å². The van der Waals surface area contributed by atoms with E-state index in [0.29, 0.717) is 19.6 Å². The number of carbonyl (C=O) groups excluding carboxylic acids is 2. The topological polar surface area (TPSA) is 66.6 Å². The van der Waals surface area contributed by atoms with E-state index in [1.807, 2.05) is 23.1 Å². The number of nitrogen functional groups attached to an aromatic ring is 1. The number of benzene rings is 2. The quantitative estimate of drug-likeness (QED) is 0.755. The lowest BCUT2D eigenvalue weighted by Gasteiger charge is -2.37. The molecule has 2 aliphatic heterocycles. The van der Waals surface area contributed by atoms with Crippen LogP contribution in [-0.2, 0) is 22.4 Å². The molecule has 2 aliphatic rings. The number of carbonyl (C=O) groups is 2. The molecule has 0 saturated carbocycles. The summed E-state index contributed by atoms with van der Waals surface area (Å²) >= 11 is 0. The Morgan fingerprint density at radius 1 is 1.07 bits per heavy atom. The molecule has 30 heavy (non-hydrogen) atoms. The molecule has 2 aromatic rings. The summed E-state index contributed by atoms with van der Waals surface area (Å²) in [4.78, 5) is 29.7. The molecule has 1 unspecified atom stereocenters. The highest BCUT2D eigenvalue weighted by atomic mass is 35.5. The molecule has 0 aromatic heterocycles. The van der Waals surface area contributed by atoms with Gasteiger partial charge in [-0.05, 0) is 61.1 Å². The van der Waals surface area contributed by atoms with Crippen molar-refractivity contribution in [2.45, 2.75) is 32.1 Å². The third-order valence-corrected chi connectivity index (χ3v) is 5.94. The van der Waals surface area contributed by atoms with E-state index in [9.17, 15) is 14.0 Å². The lowest BCUT2D eigenvalue weighted by atomic mass is 9.93. The Balaban J connectivity index is 0.00000256. The van der Waals surface area contributed by atoms with Gasteiger partial charge >= 0.3 is 0 Å². The van der Waals surface area contributed by atoms with Crippen molar-refractivity contribution in [2.24, 2.45) is 5.92 Å². The lowest BCUT2D eigenvalue weighted by Crippen LogP contribution is -2.48. The van der Waals surface area contributed by atoms with E-state index in [2.05, 4.69) is 0 Å². The van der Waals surface area contributed by atoms with Crippen molar-refractivity contribution in [1.29, 1.82) is 0 Å². The van der Waals surface area contributed by atoms with Gasteiger partial charge in [0.25, 0.3) is 0 Å². The number of hydrogen-bond donors (Lipinski definition) is 1. The van der Waals surface area contributed by atoms with Crippen molar-refractivity contribution in [2.75, 3.05) is 30.3 Å². The second kappa shape index (κ2) is 9.47. The Bertz CT molecular complexity index is 919. The fourth-order valence-corrected chi connectivity index (χ4v) is 4.39. The van der Waals surface area contributed by atoms with Gasteiger partial charge in [0.1, 0.15) is 5.82 Å². The highest BCUT2D eigenvalue weighted by Gasteiger charge is 2.33. The molecule has 5 nitrogen and oxygen atoms in total. The minimum atomic E-state index is -0.313. The van der Waals surface area contributed by atoms with Gasteiger partial charge in [-0.2, -0.15) is 0 Å². The molecule has 0 aliphatic carbocycles. The minimum Gasteiger partial charge on any atom is -0.398 e. The zero-order chi connectivity index (χ0) is 20.4. The third-order valence-electron chi connectivity index (χ3n) is 5.94. The molecule has 7 heteroatoms. The Labute approximate surface area is 182 Å². The maximum Gasteiger partial charge on any atom is 0.231 e. The maximum atomic E-state index is 13.3. The van der Waals surface area contributed by atoms with Crippen LogP contribution in [0.2, 0.25) is 0 Å². The first-order valence-electron chi connectivity index (χ1n) is 10.2. The van der Waals surface area contributed by atoms with Crippen molar-refractivity contribution in [3.05, 3.63) is 59.4 Å². The summed E-state index contributed by atoms with van der Waals surface area (Å²) in [5, 5.41) is 0. The van der Waals surface area contributed by atoms with E-state index >= 15 is 0 Å². The van der Waals surface area contributed by atoms with Crippen LogP contribution < -0.4 is 10.6 Å². The van der Waals surface area contributed by atoms with Crippen LogP contribution in [0.25, 0.3) is 0 Å². The zero-order valence-electron chi connectivity index (χ0n) is 16.9. The monoisotopic (exact) mass is 431 g/mol. The first-order chi connectivity index (χ1) is 14.0. The summed E-state index contributed by atoms with van der Waals surface area (Å²) in [5.74, 6) is -0.450. The van der Waals surface area contributed by atoms with Crippen molar-refractivity contribution in [3.63, 3.8) is 0 Å². The number of anilines is 2. The van der Waals surface area contributed by atoms with Gasteiger partial charge in [-0.25, -0.2) is 4.39 Å². The molecule has 160 valence electrons. The molecule has 2 heterocycles. The average molecular weight is 432 g/mol. The minimum absolute atomic E-state index is 0. The standard InChI is InChI=1S/C23H26FN3O2.ClH/c24-18-10-8-16(9-11-18)14-22(28)26-12-2-4-17(15-26)23(29)27-13-3-5-19-20(25)6-1-7-21(19)27;/h1,6-11,17H,2-5,12-15,25H2;1H. The van der Waals surface area contributed by atoms with Gasteiger partial charge in [-0.1, -0.05) is 18.2 Å². The fourth-order valence-electron chi connectivity index (χ4n) is 4.39. The van der Waals surface area contributed by atoms with Gasteiger partial charge in [-0.15, -0.1) is 12.4 Å². The molecule has 2 amide bonds. The van der Waals surface area contributed by atoms with Gasteiger partial charge in [0.15, 0.2) is 0 Å². The molecule has 1 saturated heterocycles. The molecule has 0 spiro atoms. The predicted molar refractivity (Wildman–Crippen MR) is 118 cm³/mol. The number of nitrogens with zero attached hydrogens (tertiary/aromatic N) is 2. The van der Waals surface area contributed by atoms with Gasteiger partial charge in [0.2, 0.25) is 11.8 Å². The summed E-state index contributed by atoms with van der Waals surface area (Å²) in [5.41, 5.74) is 9.59. The first-order valence-corrected chi connectivity index (χ1v) is 10.2. The number of fused-ring (bicyclic) bond motifs is 1. The number of amides is 2. The molecular formula is C23H27ClFN3O2. The highest BCUT2D eigenvalue weighted by molar-refractivity contribution is 5.97. The van der Waals surface area contributed by atoms with E-state index in [1.165, 1.54) is 12.1 Å². The second-order valence-corrected chi connectivity index (χ2v) is 7.92. The van der Waals surface area contributed by atoms with E-state index in [4.69, 9.17) is 5.73 Å². The van der Waals surface area contributed by atoms with Crippen molar-refractivity contribution < 1.29 is 14.0 Å². The zero-order valence-corrected chi connectivity index (χ0v) is 17.7. The molecule has 2 aromatic carbocycles. The third kappa shape index (κ3) is 4.59. The number of rotatable bonds is 3. The summed E-state index contributed by atoms with van der Waals surface area (Å²) < 4.78 is 13.1. The van der Waals surface area contributed by atoms with Crippen LogP contribution in [0.4, 0.5) is 15.8 Å². The fraction of sp³-hybridized carbons (Fsp3) is 0.391. The number of hydrogen-bond acceptors (Lipinski definition) is 3. The highest BCUT2D eigenvalue weighted by Crippen LogP contribution is 2.33. The number of nitrogens with two attached hydrogens (primary N) is 1. The molecule has 2 N–H and O–H groups in total. The van der Waals surface area contributed by atoms with Gasteiger partial charge < -0.3 is 15.5 Å². The molecule has 4 rings (SSSR count). The van der Waals surface area contributed by atoms with Crippen molar-refractivity contribution in [3.8, 4) is 0 Å².